The average molecular weight is 307 g/mol. The normalized spacial score (nSPS) is 43.6. The highest BCUT2D eigenvalue weighted by Gasteiger charge is 2.39. The Morgan fingerprint density at radius 2 is 1.32 bits per heavy atom. The molecule has 0 heterocycles. The zero-order valence-corrected chi connectivity index (χ0v) is 15.2. The zero-order valence-electron chi connectivity index (χ0n) is 15.2. The Hall–Kier alpha value is -0.0400. The molecule has 3 fully saturated rings. The van der Waals surface area contributed by atoms with E-state index in [1.165, 1.54) is 57.8 Å². The van der Waals surface area contributed by atoms with Crippen molar-refractivity contribution in [3.63, 3.8) is 0 Å². The number of fused-ring (bicyclic) bond motifs is 1. The Balaban J connectivity index is 1.47. The molecule has 1 N–H and O–H groups in total. The van der Waals surface area contributed by atoms with Crippen molar-refractivity contribution in [2.75, 3.05) is 0 Å². The highest BCUT2D eigenvalue weighted by atomic mass is 16.3. The molecule has 0 spiro atoms. The van der Waals surface area contributed by atoms with Gasteiger partial charge >= 0.3 is 0 Å². The van der Waals surface area contributed by atoms with E-state index in [0.29, 0.717) is 5.41 Å². The lowest BCUT2D eigenvalue weighted by Gasteiger charge is -2.46. The SMILES string of the molecule is CC(C)(C)C1CCC2CC(CC3CCC(O)CC3)CCC2C1. The monoisotopic (exact) mass is 306 g/mol. The Labute approximate surface area is 138 Å². The van der Waals surface area contributed by atoms with Gasteiger partial charge in [-0.2, -0.15) is 0 Å². The second kappa shape index (κ2) is 6.83. The van der Waals surface area contributed by atoms with Crippen LogP contribution in [0.25, 0.3) is 0 Å². The van der Waals surface area contributed by atoms with Crippen LogP contribution >= 0.6 is 0 Å². The van der Waals surface area contributed by atoms with Gasteiger partial charge in [-0.25, -0.2) is 0 Å². The molecule has 0 radical (unpaired) electrons. The van der Waals surface area contributed by atoms with Crippen LogP contribution in [0.4, 0.5) is 0 Å². The lowest BCUT2D eigenvalue weighted by molar-refractivity contribution is 0.0427. The van der Waals surface area contributed by atoms with Gasteiger partial charge in [0, 0.05) is 0 Å². The second-order valence-electron chi connectivity index (χ2n) is 9.99. The van der Waals surface area contributed by atoms with Crippen molar-refractivity contribution in [1.29, 1.82) is 0 Å². The summed E-state index contributed by atoms with van der Waals surface area (Å²) in [4.78, 5) is 0. The van der Waals surface area contributed by atoms with E-state index in [9.17, 15) is 5.11 Å². The molecule has 0 aromatic rings. The first-order valence-corrected chi connectivity index (χ1v) is 10.1. The van der Waals surface area contributed by atoms with Gasteiger partial charge < -0.3 is 5.11 Å². The summed E-state index contributed by atoms with van der Waals surface area (Å²) in [7, 11) is 0. The molecule has 0 aromatic heterocycles. The van der Waals surface area contributed by atoms with Crippen LogP contribution in [0.3, 0.4) is 0 Å². The highest BCUT2D eigenvalue weighted by molar-refractivity contribution is 4.90. The first kappa shape index (κ1) is 16.8. The lowest BCUT2D eigenvalue weighted by Crippen LogP contribution is -2.36. The minimum atomic E-state index is 0.0136. The summed E-state index contributed by atoms with van der Waals surface area (Å²) in [6, 6.07) is 0. The van der Waals surface area contributed by atoms with Gasteiger partial charge in [0.15, 0.2) is 0 Å². The van der Waals surface area contributed by atoms with Gasteiger partial charge in [-0.05, 0) is 99.2 Å². The van der Waals surface area contributed by atoms with Gasteiger partial charge in [0.2, 0.25) is 0 Å². The summed E-state index contributed by atoms with van der Waals surface area (Å²) in [5, 5.41) is 9.68. The number of hydrogen-bond acceptors (Lipinski definition) is 1. The largest absolute Gasteiger partial charge is 0.393 e. The molecule has 4 atom stereocenters. The maximum atomic E-state index is 9.68. The van der Waals surface area contributed by atoms with Crippen molar-refractivity contribution in [2.24, 2.45) is 35.0 Å². The Morgan fingerprint density at radius 3 is 2.00 bits per heavy atom. The van der Waals surface area contributed by atoms with Crippen molar-refractivity contribution < 1.29 is 5.11 Å². The first-order valence-electron chi connectivity index (χ1n) is 10.1. The summed E-state index contributed by atoms with van der Waals surface area (Å²) in [5.74, 6) is 4.99. The number of aliphatic hydroxyl groups excluding tert-OH is 1. The average Bonchev–Trinajstić information content (AvgIpc) is 2.48. The topological polar surface area (TPSA) is 20.2 Å². The molecule has 3 aliphatic rings. The number of aliphatic hydroxyl groups is 1. The van der Waals surface area contributed by atoms with Crippen molar-refractivity contribution in [2.45, 2.75) is 97.5 Å². The summed E-state index contributed by atoms with van der Waals surface area (Å²) in [6.07, 6.45) is 15.2. The quantitative estimate of drug-likeness (QED) is 0.683. The molecule has 0 bridgehead atoms. The third-order valence-electron chi connectivity index (χ3n) is 7.43. The van der Waals surface area contributed by atoms with E-state index in [1.54, 1.807) is 0 Å². The van der Waals surface area contributed by atoms with E-state index >= 15 is 0 Å². The number of hydrogen-bond donors (Lipinski definition) is 1. The Bertz CT molecular complexity index is 347. The summed E-state index contributed by atoms with van der Waals surface area (Å²) in [5.41, 5.74) is 0.519. The Kier molecular flexibility index (Phi) is 5.22. The summed E-state index contributed by atoms with van der Waals surface area (Å²) < 4.78 is 0. The van der Waals surface area contributed by atoms with Gasteiger partial charge in [0.05, 0.1) is 6.10 Å². The molecule has 3 saturated carbocycles. The van der Waals surface area contributed by atoms with Crippen molar-refractivity contribution in [3.05, 3.63) is 0 Å². The van der Waals surface area contributed by atoms with Gasteiger partial charge in [0.1, 0.15) is 0 Å². The van der Waals surface area contributed by atoms with E-state index in [4.69, 9.17) is 0 Å². The Morgan fingerprint density at radius 1 is 0.727 bits per heavy atom. The molecule has 0 saturated heterocycles. The molecule has 0 aliphatic heterocycles. The highest BCUT2D eigenvalue weighted by Crippen LogP contribution is 2.50. The van der Waals surface area contributed by atoms with Crippen LogP contribution in [0.15, 0.2) is 0 Å². The molecule has 128 valence electrons. The van der Waals surface area contributed by atoms with E-state index in [-0.39, 0.29) is 6.10 Å². The molecule has 3 rings (SSSR count). The minimum absolute atomic E-state index is 0.0136. The van der Waals surface area contributed by atoms with Crippen LogP contribution in [0.5, 0.6) is 0 Å². The fourth-order valence-corrected chi connectivity index (χ4v) is 5.84. The van der Waals surface area contributed by atoms with Crippen LogP contribution < -0.4 is 0 Å². The van der Waals surface area contributed by atoms with Crippen LogP contribution in [-0.4, -0.2) is 11.2 Å². The van der Waals surface area contributed by atoms with Gasteiger partial charge in [-0.15, -0.1) is 0 Å². The molecule has 1 heteroatoms. The molecule has 0 amide bonds. The molecule has 1 nitrogen and oxygen atoms in total. The fraction of sp³-hybridized carbons (Fsp3) is 1.00. The van der Waals surface area contributed by atoms with Gasteiger partial charge in [0.25, 0.3) is 0 Å². The maximum Gasteiger partial charge on any atom is 0.0540 e. The lowest BCUT2D eigenvalue weighted by atomic mass is 9.59. The van der Waals surface area contributed by atoms with Gasteiger partial charge in [-0.1, -0.05) is 27.2 Å². The molecule has 0 aromatic carbocycles. The minimum Gasteiger partial charge on any atom is -0.393 e. The fourth-order valence-electron chi connectivity index (χ4n) is 5.84. The van der Waals surface area contributed by atoms with E-state index < -0.39 is 0 Å². The molecule has 22 heavy (non-hydrogen) atoms. The van der Waals surface area contributed by atoms with Crippen LogP contribution in [0.1, 0.15) is 91.4 Å². The third kappa shape index (κ3) is 4.08. The standard InChI is InChI=1S/C21H38O/c1-21(2,3)19-9-8-17-13-16(4-7-18(17)14-19)12-15-5-10-20(22)11-6-15/h15-20,22H,4-14H2,1-3H3. The summed E-state index contributed by atoms with van der Waals surface area (Å²) in [6.45, 7) is 7.34. The maximum absolute atomic E-state index is 9.68. The van der Waals surface area contributed by atoms with E-state index in [0.717, 1.165) is 42.4 Å². The summed E-state index contributed by atoms with van der Waals surface area (Å²) >= 11 is 0. The molecular formula is C21H38O. The number of rotatable bonds is 2. The third-order valence-corrected chi connectivity index (χ3v) is 7.43. The zero-order chi connectivity index (χ0) is 15.7. The van der Waals surface area contributed by atoms with Crippen molar-refractivity contribution in [1.82, 2.24) is 0 Å². The predicted molar refractivity (Wildman–Crippen MR) is 93.7 cm³/mol. The van der Waals surface area contributed by atoms with E-state index in [2.05, 4.69) is 20.8 Å². The van der Waals surface area contributed by atoms with Crippen LogP contribution in [0.2, 0.25) is 0 Å². The van der Waals surface area contributed by atoms with Gasteiger partial charge in [-0.3, -0.25) is 0 Å². The molecular weight excluding hydrogens is 268 g/mol. The van der Waals surface area contributed by atoms with E-state index in [1.807, 2.05) is 0 Å². The first-order chi connectivity index (χ1) is 10.4. The van der Waals surface area contributed by atoms with Crippen LogP contribution in [-0.2, 0) is 0 Å². The van der Waals surface area contributed by atoms with Crippen molar-refractivity contribution >= 4 is 0 Å². The van der Waals surface area contributed by atoms with Crippen LogP contribution in [0, 0.1) is 35.0 Å². The molecule has 3 aliphatic carbocycles. The smallest absolute Gasteiger partial charge is 0.0540 e. The predicted octanol–water partition coefficient (Wildman–Crippen LogP) is 5.81. The molecule has 4 unspecified atom stereocenters. The van der Waals surface area contributed by atoms with Crippen molar-refractivity contribution in [3.8, 4) is 0 Å². The second-order valence-corrected chi connectivity index (χ2v) is 9.99.